The minimum absolute atomic E-state index is 0.00640. The monoisotopic (exact) mass is 480 g/mol. The van der Waals surface area contributed by atoms with E-state index in [1.165, 1.54) is 23.0 Å². The van der Waals surface area contributed by atoms with Gasteiger partial charge in [0.05, 0.1) is 28.7 Å². The second-order valence-electron chi connectivity index (χ2n) is 7.04. The highest BCUT2D eigenvalue weighted by Crippen LogP contribution is 2.35. The highest BCUT2D eigenvalue weighted by atomic mass is 35.5. The van der Waals surface area contributed by atoms with Crippen LogP contribution in [0, 0.1) is 0 Å². The number of thioether (sulfide) groups is 1. The Morgan fingerprint density at radius 1 is 1.16 bits per heavy atom. The van der Waals surface area contributed by atoms with E-state index in [9.17, 15) is 22.8 Å². The number of benzene rings is 2. The Balaban J connectivity index is 1.63. The Morgan fingerprint density at radius 2 is 1.94 bits per heavy atom. The molecule has 166 valence electrons. The van der Waals surface area contributed by atoms with E-state index >= 15 is 0 Å². The lowest BCUT2D eigenvalue weighted by Gasteiger charge is -2.14. The Morgan fingerprint density at radius 3 is 2.66 bits per heavy atom. The topological polar surface area (TPSA) is 81.2 Å². The molecule has 0 bridgehead atoms. The van der Waals surface area contributed by atoms with Crippen LogP contribution in [-0.4, -0.2) is 38.9 Å². The molecular weight excluding hydrogens is 465 g/mol. The molecule has 0 atom stereocenters. The van der Waals surface area contributed by atoms with Gasteiger partial charge in [-0.05, 0) is 53.2 Å². The van der Waals surface area contributed by atoms with E-state index in [4.69, 9.17) is 17.3 Å². The lowest BCUT2D eigenvalue weighted by molar-refractivity contribution is -0.138. The molecule has 4 rings (SSSR count). The molecule has 1 fully saturated rings. The number of hydrogen-bond acceptors (Lipinski definition) is 5. The molecule has 0 radical (unpaired) electrons. The number of nitrogens with two attached hydrogens (primary N) is 1. The largest absolute Gasteiger partial charge is 0.416 e. The SMILES string of the molecule is NCCN1C(=O)S/C(=C/c2ccc3c(cnn3Cc3ccc(Cl)cc3C(F)(F)F)c2)C1=O. The number of alkyl halides is 3. The van der Waals surface area contributed by atoms with E-state index in [2.05, 4.69) is 5.10 Å². The van der Waals surface area contributed by atoms with E-state index in [-0.39, 0.29) is 40.4 Å². The predicted octanol–water partition coefficient (Wildman–Crippen LogP) is 4.75. The minimum Gasteiger partial charge on any atom is -0.329 e. The molecule has 0 spiro atoms. The number of hydrogen-bond donors (Lipinski definition) is 1. The van der Waals surface area contributed by atoms with Gasteiger partial charge in [0, 0.05) is 23.5 Å². The normalized spacial score (nSPS) is 16.0. The summed E-state index contributed by atoms with van der Waals surface area (Å²) in [5.74, 6) is -0.399. The van der Waals surface area contributed by atoms with Crippen molar-refractivity contribution in [2.24, 2.45) is 5.73 Å². The van der Waals surface area contributed by atoms with E-state index in [1.807, 2.05) is 0 Å². The van der Waals surface area contributed by atoms with Crippen LogP contribution in [0.3, 0.4) is 0 Å². The first-order valence-electron chi connectivity index (χ1n) is 9.44. The number of imide groups is 1. The van der Waals surface area contributed by atoms with Gasteiger partial charge >= 0.3 is 6.18 Å². The predicted molar refractivity (Wildman–Crippen MR) is 117 cm³/mol. The van der Waals surface area contributed by atoms with Gasteiger partial charge < -0.3 is 5.73 Å². The number of carbonyl (C=O) groups is 2. The second kappa shape index (κ2) is 8.61. The maximum atomic E-state index is 13.4. The molecule has 1 aromatic heterocycles. The Labute approximate surface area is 189 Å². The third-order valence-electron chi connectivity index (χ3n) is 4.89. The van der Waals surface area contributed by atoms with Crippen molar-refractivity contribution in [3.8, 4) is 0 Å². The highest BCUT2D eigenvalue weighted by Gasteiger charge is 2.35. The van der Waals surface area contributed by atoms with Crippen LogP contribution in [0.1, 0.15) is 16.7 Å². The van der Waals surface area contributed by atoms with Crippen molar-refractivity contribution >= 4 is 51.5 Å². The number of halogens is 4. The molecule has 2 heterocycles. The molecule has 6 nitrogen and oxygen atoms in total. The van der Waals surface area contributed by atoms with Crippen LogP contribution in [0.4, 0.5) is 18.0 Å². The van der Waals surface area contributed by atoms with Gasteiger partial charge in [0.25, 0.3) is 11.1 Å². The standard InChI is InChI=1S/C21H16ClF3N4O2S/c22-15-3-2-13(16(9-15)21(23,24)25)11-29-17-4-1-12(7-14(17)10-27-29)8-18-19(30)28(6-5-26)20(31)32-18/h1-4,7-10H,5-6,11,26H2/b18-8+. The lowest BCUT2D eigenvalue weighted by atomic mass is 10.1. The van der Waals surface area contributed by atoms with E-state index in [0.717, 1.165) is 22.7 Å². The van der Waals surface area contributed by atoms with Crippen LogP contribution in [-0.2, 0) is 17.5 Å². The summed E-state index contributed by atoms with van der Waals surface area (Å²) in [6.45, 7) is 0.241. The van der Waals surface area contributed by atoms with Crippen LogP contribution in [0.15, 0.2) is 47.5 Å². The molecule has 32 heavy (non-hydrogen) atoms. The molecule has 1 aliphatic heterocycles. The first-order valence-corrected chi connectivity index (χ1v) is 10.6. The zero-order chi connectivity index (χ0) is 23.0. The van der Waals surface area contributed by atoms with Gasteiger partial charge in [-0.3, -0.25) is 19.2 Å². The quantitative estimate of drug-likeness (QED) is 0.533. The third kappa shape index (κ3) is 4.38. The van der Waals surface area contributed by atoms with Crippen LogP contribution >= 0.6 is 23.4 Å². The zero-order valence-corrected chi connectivity index (χ0v) is 18.0. The fourth-order valence-electron chi connectivity index (χ4n) is 3.41. The van der Waals surface area contributed by atoms with Crippen molar-refractivity contribution in [3.63, 3.8) is 0 Å². The van der Waals surface area contributed by atoms with Gasteiger partial charge in [0.15, 0.2) is 0 Å². The number of nitrogens with zero attached hydrogens (tertiary/aromatic N) is 3. The summed E-state index contributed by atoms with van der Waals surface area (Å²) >= 11 is 6.59. The molecule has 11 heteroatoms. The molecule has 1 saturated heterocycles. The van der Waals surface area contributed by atoms with Crippen LogP contribution in [0.5, 0.6) is 0 Å². The molecule has 2 amide bonds. The van der Waals surface area contributed by atoms with Gasteiger partial charge in [0.1, 0.15) is 0 Å². The van der Waals surface area contributed by atoms with Crippen LogP contribution < -0.4 is 5.73 Å². The van der Waals surface area contributed by atoms with Crippen molar-refractivity contribution in [2.45, 2.75) is 12.7 Å². The summed E-state index contributed by atoms with van der Waals surface area (Å²) in [6, 6.07) is 8.82. The van der Waals surface area contributed by atoms with Crippen molar-refractivity contribution in [1.82, 2.24) is 14.7 Å². The number of aromatic nitrogens is 2. The van der Waals surface area contributed by atoms with Crippen LogP contribution in [0.2, 0.25) is 5.02 Å². The molecule has 2 N–H and O–H groups in total. The molecule has 0 aliphatic carbocycles. The Bertz CT molecular complexity index is 1260. The lowest BCUT2D eigenvalue weighted by Crippen LogP contribution is -2.33. The van der Waals surface area contributed by atoms with Crippen molar-refractivity contribution in [2.75, 3.05) is 13.1 Å². The van der Waals surface area contributed by atoms with Gasteiger partial charge in [-0.2, -0.15) is 18.3 Å². The number of amides is 2. The summed E-state index contributed by atoms with van der Waals surface area (Å²) in [6.07, 6.45) is -1.40. The molecule has 2 aromatic carbocycles. The molecule has 3 aromatic rings. The average Bonchev–Trinajstić information content (AvgIpc) is 3.24. The van der Waals surface area contributed by atoms with Gasteiger partial charge in [-0.25, -0.2) is 0 Å². The number of carbonyl (C=O) groups excluding carboxylic acids is 2. The van der Waals surface area contributed by atoms with E-state index in [1.54, 1.807) is 24.3 Å². The van der Waals surface area contributed by atoms with Crippen molar-refractivity contribution in [3.05, 3.63) is 69.2 Å². The smallest absolute Gasteiger partial charge is 0.329 e. The summed E-state index contributed by atoms with van der Waals surface area (Å²) in [4.78, 5) is 25.7. The maximum Gasteiger partial charge on any atom is 0.416 e. The van der Waals surface area contributed by atoms with E-state index in [0.29, 0.717) is 16.5 Å². The fourth-order valence-corrected chi connectivity index (χ4v) is 4.44. The Kier molecular flexibility index (Phi) is 6.02. The molecule has 0 unspecified atom stereocenters. The summed E-state index contributed by atoms with van der Waals surface area (Å²) in [5, 5.41) is 4.54. The number of rotatable bonds is 5. The average molecular weight is 481 g/mol. The van der Waals surface area contributed by atoms with Gasteiger partial charge in [-0.1, -0.05) is 23.7 Å². The summed E-state index contributed by atoms with van der Waals surface area (Å²) < 4.78 is 41.6. The maximum absolute atomic E-state index is 13.4. The fraction of sp³-hybridized carbons (Fsp3) is 0.190. The summed E-state index contributed by atoms with van der Waals surface area (Å²) in [7, 11) is 0. The Hall–Kier alpha value is -2.82. The van der Waals surface area contributed by atoms with Crippen molar-refractivity contribution < 1.29 is 22.8 Å². The molecule has 1 aliphatic rings. The first-order chi connectivity index (χ1) is 15.2. The molecular formula is C21H16ClF3N4O2S. The first kappa shape index (κ1) is 22.4. The van der Waals surface area contributed by atoms with Crippen molar-refractivity contribution in [1.29, 1.82) is 0 Å². The van der Waals surface area contributed by atoms with Crippen LogP contribution in [0.25, 0.3) is 17.0 Å². The zero-order valence-electron chi connectivity index (χ0n) is 16.4. The highest BCUT2D eigenvalue weighted by molar-refractivity contribution is 8.18. The molecule has 0 saturated carbocycles. The van der Waals surface area contributed by atoms with Gasteiger partial charge in [-0.15, -0.1) is 0 Å². The number of fused-ring (bicyclic) bond motifs is 1. The third-order valence-corrected chi connectivity index (χ3v) is 6.03. The van der Waals surface area contributed by atoms with Gasteiger partial charge in [0.2, 0.25) is 0 Å². The summed E-state index contributed by atoms with van der Waals surface area (Å²) in [5.41, 5.74) is 5.97. The second-order valence-corrected chi connectivity index (χ2v) is 8.47. The minimum atomic E-state index is -4.54. The van der Waals surface area contributed by atoms with E-state index < -0.39 is 17.6 Å².